The van der Waals surface area contributed by atoms with E-state index in [0.29, 0.717) is 13.0 Å². The van der Waals surface area contributed by atoms with Gasteiger partial charge in [0.2, 0.25) is 5.91 Å². The van der Waals surface area contributed by atoms with E-state index in [4.69, 9.17) is 5.11 Å². The van der Waals surface area contributed by atoms with Crippen LogP contribution < -0.4 is 0 Å². The van der Waals surface area contributed by atoms with E-state index < -0.39 is 11.9 Å². The van der Waals surface area contributed by atoms with Gasteiger partial charge < -0.3 is 14.6 Å². The lowest BCUT2D eigenvalue weighted by atomic mass is 10.1. The molecule has 0 bridgehead atoms. The Balaban J connectivity index is 2.49. The number of carboxylic acids is 1. The number of nitrogens with zero attached hydrogens (tertiary/aromatic N) is 3. The Kier molecular flexibility index (Phi) is 7.50. The molecule has 0 aromatic carbocycles. The summed E-state index contributed by atoms with van der Waals surface area (Å²) in [5.74, 6) is -1.35. The van der Waals surface area contributed by atoms with Crippen LogP contribution in [0.1, 0.15) is 39.5 Å². The van der Waals surface area contributed by atoms with E-state index in [1.54, 1.807) is 24.3 Å². The summed E-state index contributed by atoms with van der Waals surface area (Å²) in [5, 5.41) is 9.01. The van der Waals surface area contributed by atoms with Gasteiger partial charge in [-0.2, -0.15) is 0 Å². The van der Waals surface area contributed by atoms with Crippen LogP contribution in [0.4, 0.5) is 0 Å². The van der Waals surface area contributed by atoms with E-state index in [9.17, 15) is 9.59 Å². The summed E-state index contributed by atoms with van der Waals surface area (Å²) in [4.78, 5) is 28.8. The fourth-order valence-corrected chi connectivity index (χ4v) is 2.08. The summed E-state index contributed by atoms with van der Waals surface area (Å²) in [6.07, 6.45) is 8.43. The highest BCUT2D eigenvalue weighted by Gasteiger charge is 2.19. The van der Waals surface area contributed by atoms with Crippen LogP contribution in [0.5, 0.6) is 0 Å². The van der Waals surface area contributed by atoms with E-state index >= 15 is 0 Å². The summed E-state index contributed by atoms with van der Waals surface area (Å²) in [5.41, 5.74) is 0. The predicted molar refractivity (Wildman–Crippen MR) is 79.7 cm³/mol. The average molecular weight is 295 g/mol. The fourth-order valence-electron chi connectivity index (χ4n) is 2.08. The molecule has 118 valence electrons. The second-order valence-corrected chi connectivity index (χ2v) is 5.34. The van der Waals surface area contributed by atoms with Crippen LogP contribution in [0.25, 0.3) is 0 Å². The number of hydrogen-bond donors (Lipinski definition) is 1. The van der Waals surface area contributed by atoms with Gasteiger partial charge in [-0.05, 0) is 12.8 Å². The zero-order chi connectivity index (χ0) is 15.7. The molecule has 0 aliphatic heterocycles. The number of carbonyl (C=O) groups is 2. The van der Waals surface area contributed by atoms with Gasteiger partial charge >= 0.3 is 5.97 Å². The van der Waals surface area contributed by atoms with Gasteiger partial charge in [0.1, 0.15) is 0 Å². The van der Waals surface area contributed by atoms with Crippen LogP contribution in [0.3, 0.4) is 0 Å². The Bertz CT molecular complexity index is 431. The largest absolute Gasteiger partial charge is 0.481 e. The molecule has 6 nitrogen and oxygen atoms in total. The van der Waals surface area contributed by atoms with Gasteiger partial charge in [0.05, 0.1) is 12.2 Å². The SMILES string of the molecule is CCCCC(=O)N(CCCn1ccnc1)CC(C)C(=O)O. The zero-order valence-corrected chi connectivity index (χ0v) is 12.9. The molecule has 1 rings (SSSR count). The predicted octanol–water partition coefficient (Wildman–Crippen LogP) is 2.01. The molecule has 0 radical (unpaired) electrons. The monoisotopic (exact) mass is 295 g/mol. The third kappa shape index (κ3) is 6.42. The van der Waals surface area contributed by atoms with Crippen molar-refractivity contribution in [2.75, 3.05) is 13.1 Å². The van der Waals surface area contributed by atoms with E-state index in [1.165, 1.54) is 0 Å². The highest BCUT2D eigenvalue weighted by atomic mass is 16.4. The lowest BCUT2D eigenvalue weighted by molar-refractivity contribution is -0.143. The Morgan fingerprint density at radius 1 is 1.38 bits per heavy atom. The van der Waals surface area contributed by atoms with Crippen molar-refractivity contribution in [2.24, 2.45) is 5.92 Å². The Morgan fingerprint density at radius 3 is 2.71 bits per heavy atom. The molecule has 1 aromatic rings. The number of amides is 1. The van der Waals surface area contributed by atoms with E-state index in [-0.39, 0.29) is 12.5 Å². The van der Waals surface area contributed by atoms with Crippen molar-refractivity contribution >= 4 is 11.9 Å². The number of carbonyl (C=O) groups excluding carboxylic acids is 1. The summed E-state index contributed by atoms with van der Waals surface area (Å²) >= 11 is 0. The molecule has 0 aliphatic carbocycles. The normalized spacial score (nSPS) is 12.1. The molecular weight excluding hydrogens is 270 g/mol. The van der Waals surface area contributed by atoms with E-state index in [0.717, 1.165) is 25.8 Å². The number of aliphatic carboxylic acids is 1. The van der Waals surface area contributed by atoms with Crippen LogP contribution >= 0.6 is 0 Å². The fraction of sp³-hybridized carbons (Fsp3) is 0.667. The molecule has 0 saturated heterocycles. The van der Waals surface area contributed by atoms with Gasteiger partial charge in [-0.1, -0.05) is 20.3 Å². The second-order valence-electron chi connectivity index (χ2n) is 5.34. The van der Waals surface area contributed by atoms with Gasteiger partial charge in [0.15, 0.2) is 0 Å². The number of imidazole rings is 1. The maximum absolute atomic E-state index is 12.2. The van der Waals surface area contributed by atoms with Crippen LogP contribution in [-0.2, 0) is 16.1 Å². The number of unbranched alkanes of at least 4 members (excludes halogenated alkanes) is 1. The number of aromatic nitrogens is 2. The minimum Gasteiger partial charge on any atom is -0.481 e. The molecule has 0 aliphatic rings. The van der Waals surface area contributed by atoms with Crippen LogP contribution in [0.15, 0.2) is 18.7 Å². The third-order valence-corrected chi connectivity index (χ3v) is 3.42. The first kappa shape index (κ1) is 17.2. The molecule has 1 amide bonds. The van der Waals surface area contributed by atoms with Crippen LogP contribution in [0.2, 0.25) is 0 Å². The Labute approximate surface area is 125 Å². The summed E-state index contributed by atoms with van der Waals surface area (Å²) in [6.45, 7) is 5.31. The maximum atomic E-state index is 12.2. The molecule has 1 N–H and O–H groups in total. The smallest absolute Gasteiger partial charge is 0.308 e. The molecule has 0 saturated carbocycles. The van der Waals surface area contributed by atoms with Crippen molar-refractivity contribution in [3.8, 4) is 0 Å². The van der Waals surface area contributed by atoms with Gasteiger partial charge in [0.25, 0.3) is 0 Å². The van der Waals surface area contributed by atoms with Gasteiger partial charge in [-0.3, -0.25) is 9.59 Å². The first-order chi connectivity index (χ1) is 10.0. The summed E-state index contributed by atoms with van der Waals surface area (Å²) < 4.78 is 1.95. The zero-order valence-electron chi connectivity index (χ0n) is 12.9. The van der Waals surface area contributed by atoms with Crippen molar-refractivity contribution in [1.29, 1.82) is 0 Å². The number of aryl methyl sites for hydroxylation is 1. The van der Waals surface area contributed by atoms with Crippen LogP contribution in [0, 0.1) is 5.92 Å². The second kappa shape index (κ2) is 9.15. The number of carboxylic acid groups (broad SMARTS) is 1. The minimum atomic E-state index is -0.863. The first-order valence-corrected chi connectivity index (χ1v) is 7.51. The first-order valence-electron chi connectivity index (χ1n) is 7.51. The van der Waals surface area contributed by atoms with Crippen molar-refractivity contribution in [3.63, 3.8) is 0 Å². The number of rotatable bonds is 10. The highest BCUT2D eigenvalue weighted by molar-refractivity contribution is 5.77. The van der Waals surface area contributed by atoms with Gasteiger partial charge in [-0.15, -0.1) is 0 Å². The summed E-state index contributed by atoms with van der Waals surface area (Å²) in [7, 11) is 0. The standard InChI is InChI=1S/C15H25N3O3/c1-3-4-6-14(19)18(11-13(2)15(20)21)9-5-8-17-10-7-16-12-17/h7,10,12-13H,3-6,8-9,11H2,1-2H3,(H,20,21). The highest BCUT2D eigenvalue weighted by Crippen LogP contribution is 2.07. The lowest BCUT2D eigenvalue weighted by Crippen LogP contribution is -2.37. The Hall–Kier alpha value is -1.85. The molecule has 1 heterocycles. The molecule has 0 fully saturated rings. The van der Waals surface area contributed by atoms with Crippen molar-refractivity contribution < 1.29 is 14.7 Å². The molecule has 1 atom stereocenters. The lowest BCUT2D eigenvalue weighted by Gasteiger charge is -2.24. The molecular formula is C15H25N3O3. The van der Waals surface area contributed by atoms with Crippen molar-refractivity contribution in [1.82, 2.24) is 14.5 Å². The van der Waals surface area contributed by atoms with E-state index in [2.05, 4.69) is 4.98 Å². The average Bonchev–Trinajstić information content (AvgIpc) is 2.96. The molecule has 1 aromatic heterocycles. The van der Waals surface area contributed by atoms with Crippen LogP contribution in [-0.4, -0.2) is 44.5 Å². The quantitative estimate of drug-likeness (QED) is 0.716. The van der Waals surface area contributed by atoms with Gasteiger partial charge in [0, 0.05) is 38.4 Å². The van der Waals surface area contributed by atoms with E-state index in [1.807, 2.05) is 17.7 Å². The molecule has 6 heteroatoms. The van der Waals surface area contributed by atoms with Crippen molar-refractivity contribution in [3.05, 3.63) is 18.7 Å². The minimum absolute atomic E-state index is 0.0515. The van der Waals surface area contributed by atoms with Crippen molar-refractivity contribution in [2.45, 2.75) is 46.1 Å². The number of hydrogen-bond acceptors (Lipinski definition) is 3. The topological polar surface area (TPSA) is 75.4 Å². The third-order valence-electron chi connectivity index (χ3n) is 3.42. The Morgan fingerprint density at radius 2 is 2.14 bits per heavy atom. The molecule has 0 spiro atoms. The summed E-state index contributed by atoms with van der Waals surface area (Å²) in [6, 6.07) is 0. The maximum Gasteiger partial charge on any atom is 0.308 e. The molecule has 1 unspecified atom stereocenters. The van der Waals surface area contributed by atoms with Gasteiger partial charge in [-0.25, -0.2) is 4.98 Å². The molecule has 21 heavy (non-hydrogen) atoms.